The van der Waals surface area contributed by atoms with Crippen LogP contribution >= 0.6 is 0 Å². The molecule has 1 N–H and O–H groups in total. The maximum Gasteiger partial charge on any atom is 0.260 e. The van der Waals surface area contributed by atoms with E-state index >= 15 is 0 Å². The molecule has 1 aliphatic rings. The van der Waals surface area contributed by atoms with Gasteiger partial charge in [-0.3, -0.25) is 4.79 Å². The molecule has 25 heavy (non-hydrogen) atoms. The van der Waals surface area contributed by atoms with Gasteiger partial charge in [0.05, 0.1) is 25.3 Å². The predicted molar refractivity (Wildman–Crippen MR) is 87.9 cm³/mol. The van der Waals surface area contributed by atoms with Crippen molar-refractivity contribution >= 4 is 5.91 Å². The fourth-order valence-electron chi connectivity index (χ4n) is 2.94. The molecule has 1 atom stereocenters. The maximum absolute atomic E-state index is 11.6. The van der Waals surface area contributed by atoms with Crippen molar-refractivity contribution in [3.63, 3.8) is 0 Å². The number of carbonyl (C=O) groups excluding carboxylic acids is 1. The van der Waals surface area contributed by atoms with Gasteiger partial charge in [-0.15, -0.1) is 0 Å². The summed E-state index contributed by atoms with van der Waals surface area (Å²) in [5.41, 5.74) is -0.547. The number of rotatable bonds is 5. The number of β-amino-alcohol motifs (C(OH)–C–C–N with tert-alkyl or cyclic N) is 1. The number of piperidine rings is 1. The maximum atomic E-state index is 11.6. The van der Waals surface area contributed by atoms with Crippen molar-refractivity contribution in [3.8, 4) is 5.88 Å². The molecule has 1 unspecified atom stereocenters. The Morgan fingerprint density at radius 2 is 2.28 bits per heavy atom. The van der Waals surface area contributed by atoms with E-state index in [4.69, 9.17) is 9.26 Å². The summed E-state index contributed by atoms with van der Waals surface area (Å²) in [6.45, 7) is 4.73. The third-order valence-electron chi connectivity index (χ3n) is 4.19. The Labute approximate surface area is 145 Å². The standard InChI is InChI=1S/C17H22N4O4/c1-3-24-15-7-4-6-13(18-15)10-14-19-16(25-20-14)17(23)8-5-9-21(11-17)12(2)22/h4,6-7,23H,3,5,8-11H2,1-2H3. The zero-order valence-corrected chi connectivity index (χ0v) is 14.4. The van der Waals surface area contributed by atoms with E-state index in [1.54, 1.807) is 11.0 Å². The highest BCUT2D eigenvalue weighted by atomic mass is 16.5. The second kappa shape index (κ2) is 7.18. The van der Waals surface area contributed by atoms with Gasteiger partial charge in [-0.2, -0.15) is 4.98 Å². The largest absolute Gasteiger partial charge is 0.478 e. The lowest BCUT2D eigenvalue weighted by molar-refractivity contribution is -0.138. The molecular weight excluding hydrogens is 324 g/mol. The van der Waals surface area contributed by atoms with Crippen molar-refractivity contribution in [1.29, 1.82) is 0 Å². The van der Waals surface area contributed by atoms with Crippen LogP contribution in [0, 0.1) is 0 Å². The Bertz CT molecular complexity index is 748. The Morgan fingerprint density at radius 1 is 1.44 bits per heavy atom. The number of likely N-dealkylation sites (tertiary alicyclic amines) is 1. The van der Waals surface area contributed by atoms with Gasteiger partial charge in [0.2, 0.25) is 11.8 Å². The lowest BCUT2D eigenvalue weighted by Crippen LogP contribution is -2.48. The number of hydrogen-bond acceptors (Lipinski definition) is 7. The lowest BCUT2D eigenvalue weighted by Gasteiger charge is -2.36. The molecule has 2 aromatic heterocycles. The van der Waals surface area contributed by atoms with Crippen LogP contribution in [0.1, 0.15) is 44.1 Å². The highest BCUT2D eigenvalue weighted by Crippen LogP contribution is 2.30. The van der Waals surface area contributed by atoms with Crippen LogP contribution in [-0.2, 0) is 16.8 Å². The van der Waals surface area contributed by atoms with Crippen LogP contribution < -0.4 is 4.74 Å². The molecule has 1 amide bonds. The minimum atomic E-state index is -1.30. The van der Waals surface area contributed by atoms with E-state index in [0.29, 0.717) is 44.1 Å². The average molecular weight is 346 g/mol. The molecule has 2 aromatic rings. The molecule has 8 heteroatoms. The fraction of sp³-hybridized carbons (Fsp3) is 0.529. The van der Waals surface area contributed by atoms with E-state index in [-0.39, 0.29) is 18.3 Å². The summed E-state index contributed by atoms with van der Waals surface area (Å²) in [6.07, 6.45) is 1.54. The monoisotopic (exact) mass is 346 g/mol. The first-order valence-electron chi connectivity index (χ1n) is 8.40. The van der Waals surface area contributed by atoms with Crippen LogP contribution in [0.15, 0.2) is 22.7 Å². The van der Waals surface area contributed by atoms with Crippen LogP contribution in [0.2, 0.25) is 0 Å². The van der Waals surface area contributed by atoms with Gasteiger partial charge in [-0.25, -0.2) is 4.98 Å². The van der Waals surface area contributed by atoms with Crippen LogP contribution in [0.4, 0.5) is 0 Å². The molecule has 0 aliphatic carbocycles. The van der Waals surface area contributed by atoms with Gasteiger partial charge in [0.25, 0.3) is 5.89 Å². The van der Waals surface area contributed by atoms with Crippen LogP contribution in [0.5, 0.6) is 5.88 Å². The minimum Gasteiger partial charge on any atom is -0.478 e. The highest BCUT2D eigenvalue weighted by Gasteiger charge is 2.40. The van der Waals surface area contributed by atoms with Crippen molar-refractivity contribution in [3.05, 3.63) is 35.6 Å². The molecule has 0 radical (unpaired) electrons. The van der Waals surface area contributed by atoms with Crippen molar-refractivity contribution in [2.75, 3.05) is 19.7 Å². The molecule has 1 fully saturated rings. The molecule has 0 saturated carbocycles. The van der Waals surface area contributed by atoms with Gasteiger partial charge >= 0.3 is 0 Å². The number of ether oxygens (including phenoxy) is 1. The fourth-order valence-corrected chi connectivity index (χ4v) is 2.94. The van der Waals surface area contributed by atoms with Crippen LogP contribution in [0.3, 0.4) is 0 Å². The van der Waals surface area contributed by atoms with E-state index in [9.17, 15) is 9.90 Å². The second-order valence-corrected chi connectivity index (χ2v) is 6.17. The number of hydrogen-bond donors (Lipinski definition) is 1. The van der Waals surface area contributed by atoms with E-state index in [0.717, 1.165) is 5.69 Å². The van der Waals surface area contributed by atoms with Crippen molar-refractivity contribution in [2.24, 2.45) is 0 Å². The summed E-state index contributed by atoms with van der Waals surface area (Å²) in [7, 11) is 0. The van der Waals surface area contributed by atoms with Crippen molar-refractivity contribution in [2.45, 2.75) is 38.7 Å². The Balaban J connectivity index is 1.73. The van der Waals surface area contributed by atoms with Gasteiger partial charge < -0.3 is 19.3 Å². The molecule has 1 saturated heterocycles. The summed E-state index contributed by atoms with van der Waals surface area (Å²) in [5, 5.41) is 14.8. The summed E-state index contributed by atoms with van der Waals surface area (Å²) in [5.74, 6) is 1.06. The summed E-state index contributed by atoms with van der Waals surface area (Å²) in [6, 6.07) is 5.49. The average Bonchev–Trinajstić information content (AvgIpc) is 3.05. The van der Waals surface area contributed by atoms with Gasteiger partial charge in [0.15, 0.2) is 11.4 Å². The Hall–Kier alpha value is -2.48. The third-order valence-corrected chi connectivity index (χ3v) is 4.19. The number of pyridine rings is 1. The zero-order chi connectivity index (χ0) is 17.9. The molecular formula is C17H22N4O4. The number of amides is 1. The summed E-state index contributed by atoms with van der Waals surface area (Å²) < 4.78 is 10.7. The van der Waals surface area contributed by atoms with Crippen LogP contribution in [0.25, 0.3) is 0 Å². The van der Waals surface area contributed by atoms with E-state index in [1.165, 1.54) is 6.92 Å². The first-order valence-corrected chi connectivity index (χ1v) is 8.40. The van der Waals surface area contributed by atoms with Crippen molar-refractivity contribution in [1.82, 2.24) is 20.0 Å². The van der Waals surface area contributed by atoms with E-state index in [2.05, 4.69) is 15.1 Å². The molecule has 0 bridgehead atoms. The smallest absolute Gasteiger partial charge is 0.260 e. The number of carbonyl (C=O) groups is 1. The summed E-state index contributed by atoms with van der Waals surface area (Å²) >= 11 is 0. The number of aliphatic hydroxyl groups is 1. The quantitative estimate of drug-likeness (QED) is 0.870. The molecule has 8 nitrogen and oxygen atoms in total. The van der Waals surface area contributed by atoms with E-state index in [1.807, 2.05) is 19.1 Å². The lowest BCUT2D eigenvalue weighted by atomic mass is 9.92. The normalized spacial score (nSPS) is 20.5. The topological polar surface area (TPSA) is 102 Å². The Morgan fingerprint density at radius 3 is 3.04 bits per heavy atom. The zero-order valence-electron chi connectivity index (χ0n) is 14.4. The molecule has 3 heterocycles. The third kappa shape index (κ3) is 3.96. The van der Waals surface area contributed by atoms with Crippen LogP contribution in [-0.4, -0.2) is 50.7 Å². The molecule has 134 valence electrons. The first kappa shape index (κ1) is 17.3. The number of aromatic nitrogens is 3. The molecule has 1 aliphatic heterocycles. The van der Waals surface area contributed by atoms with Gasteiger partial charge in [-0.1, -0.05) is 11.2 Å². The molecule has 0 aromatic carbocycles. The van der Waals surface area contributed by atoms with Crippen molar-refractivity contribution < 1.29 is 19.2 Å². The van der Waals surface area contributed by atoms with Gasteiger partial charge in [0.1, 0.15) is 0 Å². The summed E-state index contributed by atoms with van der Waals surface area (Å²) in [4.78, 5) is 21.9. The van der Waals surface area contributed by atoms with E-state index < -0.39 is 5.60 Å². The Kier molecular flexibility index (Phi) is 4.98. The van der Waals surface area contributed by atoms with Gasteiger partial charge in [0, 0.05) is 19.5 Å². The second-order valence-electron chi connectivity index (χ2n) is 6.17. The highest BCUT2D eigenvalue weighted by molar-refractivity contribution is 5.73. The van der Waals surface area contributed by atoms with Gasteiger partial charge in [-0.05, 0) is 25.8 Å². The first-order chi connectivity index (χ1) is 12.0. The number of nitrogens with zero attached hydrogens (tertiary/aromatic N) is 4. The predicted octanol–water partition coefficient (Wildman–Crippen LogP) is 1.28. The minimum absolute atomic E-state index is 0.0743. The SMILES string of the molecule is CCOc1cccc(Cc2noc(C3(O)CCCN(C(C)=O)C3)n2)n1. The molecule has 3 rings (SSSR count). The molecule has 0 spiro atoms.